The fourth-order valence-corrected chi connectivity index (χ4v) is 7.00. The van der Waals surface area contributed by atoms with Gasteiger partial charge in [-0.25, -0.2) is 22.0 Å². The summed E-state index contributed by atoms with van der Waals surface area (Å²) < 4.78 is 72.3. The van der Waals surface area contributed by atoms with E-state index in [1.54, 1.807) is 13.2 Å². The smallest absolute Gasteiger partial charge is 0.435 e. The Labute approximate surface area is 277 Å². The number of ether oxygens (including phenoxy) is 3. The molecular weight excluding hydrogens is 652 g/mol. The number of halogens is 2. The zero-order chi connectivity index (χ0) is 34.4. The monoisotopic (exact) mass is 691 g/mol. The molecule has 17 heteroatoms. The van der Waals surface area contributed by atoms with E-state index in [1.165, 1.54) is 7.11 Å². The molecule has 0 unspecified atom stereocenters. The lowest BCUT2D eigenvalue weighted by atomic mass is 10.1. The molecule has 5 rings (SSSR count). The molecule has 0 atom stereocenters. The number of methoxy groups -OCH3 is 2. The maximum atomic E-state index is 14.0. The van der Waals surface area contributed by atoms with E-state index in [0.29, 0.717) is 30.6 Å². The molecule has 0 aliphatic carbocycles. The summed E-state index contributed by atoms with van der Waals surface area (Å²) in [5.74, 6) is -2.71. The third-order valence-corrected chi connectivity index (χ3v) is 9.97. The van der Waals surface area contributed by atoms with Gasteiger partial charge in [-0.1, -0.05) is 0 Å². The number of nitrogens with zero attached hydrogens (tertiary/aromatic N) is 5. The van der Waals surface area contributed by atoms with Crippen molar-refractivity contribution in [3.8, 4) is 0 Å². The normalized spacial score (nSPS) is 15.6. The molecule has 1 amide bonds. The van der Waals surface area contributed by atoms with Crippen molar-refractivity contribution in [1.82, 2.24) is 19.0 Å². The Hall–Kier alpha value is -4.16. The predicted molar refractivity (Wildman–Crippen MR) is 173 cm³/mol. The highest BCUT2D eigenvalue weighted by Crippen LogP contribution is 2.32. The minimum Gasteiger partial charge on any atom is -0.445 e. The fraction of sp³-hybridized carbons (Fsp3) is 0.452. The Balaban J connectivity index is 1.47. The number of anilines is 3. The lowest BCUT2D eigenvalue weighted by Gasteiger charge is -2.34. The standard InChI is InChI=1S/C31H39F2N7O7S/c1-37-9-11-38(12-10-37)23-4-5-25(27(19-23)34-7-13-45-2)30(41)35-29-26-20-39(48(43,44)24-17-21(32)16-22(33)18-24)8-6-28(26)40(36-29)31(42)47-15-14-46-3/h4-5,16-19,34H,6-15,20H2,1-3H3,(H,35,36,41). The summed E-state index contributed by atoms with van der Waals surface area (Å²) in [6, 6.07) is 7.49. The van der Waals surface area contributed by atoms with E-state index in [1.807, 2.05) is 12.1 Å². The van der Waals surface area contributed by atoms with Gasteiger partial charge >= 0.3 is 6.09 Å². The van der Waals surface area contributed by atoms with E-state index < -0.39 is 38.6 Å². The molecule has 0 radical (unpaired) electrons. The van der Waals surface area contributed by atoms with Gasteiger partial charge in [0.25, 0.3) is 5.91 Å². The Kier molecular flexibility index (Phi) is 11.3. The second-order valence-electron chi connectivity index (χ2n) is 11.4. The first kappa shape index (κ1) is 35.2. The number of piperazine rings is 1. The summed E-state index contributed by atoms with van der Waals surface area (Å²) in [5.41, 5.74) is 2.33. The minimum absolute atomic E-state index is 0.00183. The number of rotatable bonds is 12. The molecule has 0 bridgehead atoms. The molecule has 48 heavy (non-hydrogen) atoms. The minimum atomic E-state index is -4.37. The van der Waals surface area contributed by atoms with Crippen LogP contribution in [-0.2, 0) is 37.2 Å². The first-order valence-electron chi connectivity index (χ1n) is 15.4. The summed E-state index contributed by atoms with van der Waals surface area (Å²) >= 11 is 0. The largest absolute Gasteiger partial charge is 0.445 e. The third kappa shape index (κ3) is 7.92. The number of carbonyl (C=O) groups excluding carboxylic acids is 2. The lowest BCUT2D eigenvalue weighted by molar-refractivity contribution is 0.0967. The molecule has 0 spiro atoms. The Morgan fingerprint density at radius 2 is 1.65 bits per heavy atom. The van der Waals surface area contributed by atoms with Gasteiger partial charge in [0.15, 0.2) is 5.82 Å². The zero-order valence-corrected chi connectivity index (χ0v) is 27.8. The number of hydrogen-bond acceptors (Lipinski definition) is 11. The van der Waals surface area contributed by atoms with Gasteiger partial charge in [0.05, 0.1) is 29.4 Å². The average Bonchev–Trinajstić information content (AvgIpc) is 3.42. The first-order chi connectivity index (χ1) is 23.0. The number of amides is 1. The summed E-state index contributed by atoms with van der Waals surface area (Å²) in [7, 11) is 0.719. The molecule has 3 heterocycles. The van der Waals surface area contributed by atoms with Gasteiger partial charge in [-0.3, -0.25) is 4.79 Å². The highest BCUT2D eigenvalue weighted by Gasteiger charge is 2.35. The Morgan fingerprint density at radius 1 is 0.938 bits per heavy atom. The van der Waals surface area contributed by atoms with Crippen molar-refractivity contribution >= 4 is 39.2 Å². The second kappa shape index (κ2) is 15.4. The molecule has 14 nitrogen and oxygen atoms in total. The van der Waals surface area contributed by atoms with Gasteiger partial charge in [-0.2, -0.15) is 8.99 Å². The van der Waals surface area contributed by atoms with Gasteiger partial charge in [-0.05, 0) is 37.4 Å². The topological polar surface area (TPSA) is 148 Å². The molecule has 260 valence electrons. The van der Waals surface area contributed by atoms with E-state index in [2.05, 4.69) is 32.6 Å². The van der Waals surface area contributed by atoms with E-state index in [0.717, 1.165) is 53.0 Å². The molecule has 3 aromatic rings. The maximum absolute atomic E-state index is 14.0. The molecule has 1 fully saturated rings. The number of benzene rings is 2. The number of sulfonamides is 1. The zero-order valence-electron chi connectivity index (χ0n) is 27.0. The number of hydrogen-bond donors (Lipinski definition) is 2. The molecule has 2 aromatic carbocycles. The van der Waals surface area contributed by atoms with Crippen molar-refractivity contribution in [2.45, 2.75) is 17.9 Å². The molecule has 2 N–H and O–H groups in total. The van der Waals surface area contributed by atoms with Crippen molar-refractivity contribution in [2.24, 2.45) is 0 Å². The fourth-order valence-electron chi connectivity index (χ4n) is 5.55. The van der Waals surface area contributed by atoms with Crippen LogP contribution in [0.1, 0.15) is 21.6 Å². The van der Waals surface area contributed by atoms with E-state index >= 15 is 0 Å². The van der Waals surface area contributed by atoms with E-state index in [9.17, 15) is 26.8 Å². The molecule has 1 saturated heterocycles. The first-order valence-corrected chi connectivity index (χ1v) is 16.8. The van der Waals surface area contributed by atoms with Crippen molar-refractivity contribution < 1.29 is 41.0 Å². The predicted octanol–water partition coefficient (Wildman–Crippen LogP) is 2.60. The number of carbonyl (C=O) groups is 2. The van der Waals surface area contributed by atoms with Crippen molar-refractivity contribution in [3.05, 3.63) is 64.9 Å². The van der Waals surface area contributed by atoms with Gasteiger partial charge in [-0.15, -0.1) is 5.10 Å². The number of aromatic nitrogens is 2. The van der Waals surface area contributed by atoms with Crippen molar-refractivity contribution in [2.75, 3.05) is 95.9 Å². The van der Waals surface area contributed by atoms with E-state index in [-0.39, 0.29) is 49.7 Å². The maximum Gasteiger partial charge on any atom is 0.435 e. The van der Waals surface area contributed by atoms with Gasteiger partial charge in [0.1, 0.15) is 18.2 Å². The van der Waals surface area contributed by atoms with Gasteiger partial charge in [0.2, 0.25) is 10.0 Å². The molecule has 2 aliphatic heterocycles. The van der Waals surface area contributed by atoms with Crippen LogP contribution >= 0.6 is 0 Å². The van der Waals surface area contributed by atoms with Crippen LogP contribution in [0.5, 0.6) is 0 Å². The van der Waals surface area contributed by atoms with Crippen LogP contribution in [0.3, 0.4) is 0 Å². The van der Waals surface area contributed by atoms with Crippen LogP contribution < -0.4 is 15.5 Å². The second-order valence-corrected chi connectivity index (χ2v) is 13.3. The molecular formula is C31H39F2N7O7S. The lowest BCUT2D eigenvalue weighted by Crippen LogP contribution is -2.44. The van der Waals surface area contributed by atoms with Crippen LogP contribution in [0.25, 0.3) is 0 Å². The summed E-state index contributed by atoms with van der Waals surface area (Å²) in [5, 5.41) is 10.3. The third-order valence-electron chi connectivity index (χ3n) is 8.15. The molecule has 2 aliphatic rings. The molecule has 0 saturated carbocycles. The number of nitrogens with one attached hydrogen (secondary N) is 2. The highest BCUT2D eigenvalue weighted by molar-refractivity contribution is 7.89. The van der Waals surface area contributed by atoms with E-state index in [4.69, 9.17) is 14.2 Å². The van der Waals surface area contributed by atoms with Crippen LogP contribution in [0.15, 0.2) is 41.3 Å². The Bertz CT molecular complexity index is 1730. The average molecular weight is 692 g/mol. The van der Waals surface area contributed by atoms with Gasteiger partial charge < -0.3 is 34.6 Å². The number of likely N-dealkylation sites (N-methyl/N-ethyl adjacent to an activating group) is 1. The van der Waals surface area contributed by atoms with Crippen LogP contribution in [0.2, 0.25) is 0 Å². The van der Waals surface area contributed by atoms with Crippen molar-refractivity contribution in [3.63, 3.8) is 0 Å². The Morgan fingerprint density at radius 3 is 2.33 bits per heavy atom. The molecule has 1 aromatic heterocycles. The summed E-state index contributed by atoms with van der Waals surface area (Å²) in [4.78, 5) is 30.8. The van der Waals surface area contributed by atoms with Crippen molar-refractivity contribution in [1.29, 1.82) is 0 Å². The summed E-state index contributed by atoms with van der Waals surface area (Å²) in [6.07, 6.45) is -0.844. The van der Waals surface area contributed by atoms with Crippen LogP contribution in [-0.4, -0.2) is 120 Å². The van der Waals surface area contributed by atoms with Crippen LogP contribution in [0, 0.1) is 11.6 Å². The van der Waals surface area contributed by atoms with Gasteiger partial charge in [0, 0.05) is 89.5 Å². The SMILES string of the molecule is COCCNc1cc(N2CCN(C)CC2)ccc1C(=O)Nc1nn(C(=O)OCCOC)c2c1CN(S(=O)(=O)c1cc(F)cc(F)c1)CC2. The van der Waals surface area contributed by atoms with Crippen LogP contribution in [0.4, 0.5) is 30.8 Å². The quantitative estimate of drug-likeness (QED) is 0.270. The highest BCUT2D eigenvalue weighted by atomic mass is 32.2. The summed E-state index contributed by atoms with van der Waals surface area (Å²) in [6.45, 7) is 3.88. The number of fused-ring (bicyclic) bond motifs is 1.